The predicted molar refractivity (Wildman–Crippen MR) is 137 cm³/mol. The van der Waals surface area contributed by atoms with Gasteiger partial charge >= 0.3 is 6.03 Å². The minimum Gasteiger partial charge on any atom is -0.483 e. The number of hydrogen-bond acceptors (Lipinski definition) is 5. The van der Waals surface area contributed by atoms with Crippen LogP contribution in [-0.2, 0) is 5.41 Å². The molecule has 36 heavy (non-hydrogen) atoms. The van der Waals surface area contributed by atoms with Crippen LogP contribution in [0.5, 0.6) is 5.75 Å². The molecule has 2 aliphatic rings. The third-order valence-corrected chi connectivity index (χ3v) is 7.09. The number of ether oxygens (including phenoxy) is 1. The van der Waals surface area contributed by atoms with Crippen molar-refractivity contribution in [2.45, 2.75) is 37.2 Å². The number of amides is 2. The molecule has 2 unspecified atom stereocenters. The first-order chi connectivity index (χ1) is 17.6. The van der Waals surface area contributed by atoms with Crippen molar-refractivity contribution in [3.8, 4) is 5.75 Å². The summed E-state index contributed by atoms with van der Waals surface area (Å²) in [5.41, 5.74) is 5.31. The third kappa shape index (κ3) is 3.80. The molecule has 4 aromatic rings. The van der Waals surface area contributed by atoms with E-state index in [0.717, 1.165) is 40.9 Å². The van der Waals surface area contributed by atoms with E-state index >= 15 is 0 Å². The number of hydrogen-bond donors (Lipinski definition) is 3. The number of aromatic nitrogens is 4. The maximum atomic E-state index is 13.0. The number of H-pyrrole nitrogens is 1. The van der Waals surface area contributed by atoms with Gasteiger partial charge in [0.1, 0.15) is 11.9 Å². The highest BCUT2D eigenvalue weighted by atomic mass is 16.5. The lowest BCUT2D eigenvalue weighted by molar-refractivity contribution is 0.260. The van der Waals surface area contributed by atoms with Crippen molar-refractivity contribution in [3.63, 3.8) is 0 Å². The van der Waals surface area contributed by atoms with Crippen LogP contribution < -0.4 is 15.4 Å². The molecule has 1 aliphatic carbocycles. The Balaban J connectivity index is 1.42. The van der Waals surface area contributed by atoms with Gasteiger partial charge in [-0.25, -0.2) is 9.89 Å². The Morgan fingerprint density at radius 3 is 2.56 bits per heavy atom. The van der Waals surface area contributed by atoms with Crippen LogP contribution in [0.3, 0.4) is 0 Å². The molecule has 2 amide bonds. The number of nitrogens with zero attached hydrogens (tertiary/aromatic N) is 3. The number of aromatic amines is 1. The van der Waals surface area contributed by atoms with Crippen LogP contribution in [0.2, 0.25) is 0 Å². The van der Waals surface area contributed by atoms with Crippen molar-refractivity contribution in [1.82, 2.24) is 20.6 Å². The average molecular weight is 479 g/mol. The number of aryl methyl sites for hydroxylation is 1. The van der Waals surface area contributed by atoms with E-state index in [1.165, 1.54) is 0 Å². The molecule has 1 fully saturated rings. The van der Waals surface area contributed by atoms with E-state index in [0.29, 0.717) is 17.1 Å². The molecule has 8 nitrogen and oxygen atoms in total. The van der Waals surface area contributed by atoms with Gasteiger partial charge in [0.05, 0.1) is 17.0 Å². The zero-order chi connectivity index (χ0) is 24.7. The Labute approximate surface area is 208 Å². The number of fused-ring (bicyclic) bond motifs is 1. The van der Waals surface area contributed by atoms with Crippen LogP contribution in [0.4, 0.5) is 16.2 Å². The van der Waals surface area contributed by atoms with Gasteiger partial charge in [0, 0.05) is 11.3 Å². The molecule has 3 N–H and O–H groups in total. The lowest BCUT2D eigenvalue weighted by Crippen LogP contribution is -2.20. The molecular formula is C28H26N6O2. The first kappa shape index (κ1) is 22.0. The molecule has 6 rings (SSSR count). The van der Waals surface area contributed by atoms with Crippen LogP contribution in [0.1, 0.15) is 46.8 Å². The normalized spacial score (nSPS) is 19.1. The molecule has 2 atom stereocenters. The maximum absolute atomic E-state index is 13.0. The number of urea groups is 1. The molecule has 0 bridgehead atoms. The number of nitrogens with one attached hydrogen (secondary N) is 3. The fraction of sp³-hybridized carbons (Fsp3) is 0.214. The number of rotatable bonds is 6. The molecule has 180 valence electrons. The number of tetrazole rings is 1. The van der Waals surface area contributed by atoms with E-state index in [-0.39, 0.29) is 23.5 Å². The van der Waals surface area contributed by atoms with E-state index in [1.807, 2.05) is 61.5 Å². The van der Waals surface area contributed by atoms with Crippen molar-refractivity contribution in [3.05, 3.63) is 107 Å². The Kier molecular flexibility index (Phi) is 5.29. The van der Waals surface area contributed by atoms with Crippen LogP contribution in [0, 0.1) is 6.92 Å². The summed E-state index contributed by atoms with van der Waals surface area (Å²) in [7, 11) is 0. The van der Waals surface area contributed by atoms with Gasteiger partial charge in [0.2, 0.25) is 0 Å². The summed E-state index contributed by atoms with van der Waals surface area (Å²) in [6.07, 6.45) is 3.39. The van der Waals surface area contributed by atoms with Crippen LogP contribution in [-0.4, -0.2) is 32.8 Å². The van der Waals surface area contributed by atoms with E-state index in [9.17, 15) is 4.79 Å². The van der Waals surface area contributed by atoms with Crippen molar-refractivity contribution in [2.75, 3.05) is 10.6 Å². The molecule has 1 aliphatic heterocycles. The van der Waals surface area contributed by atoms with Crippen LogP contribution in [0.15, 0.2) is 79.4 Å². The van der Waals surface area contributed by atoms with E-state index in [1.54, 1.807) is 0 Å². The number of benzene rings is 3. The smallest absolute Gasteiger partial charge is 0.323 e. The fourth-order valence-corrected chi connectivity index (χ4v) is 5.05. The van der Waals surface area contributed by atoms with E-state index in [2.05, 4.69) is 56.0 Å². The summed E-state index contributed by atoms with van der Waals surface area (Å²) in [6.45, 7) is 6.03. The second-order valence-corrected chi connectivity index (χ2v) is 9.43. The topological polar surface area (TPSA) is 105 Å². The second-order valence-electron chi connectivity index (χ2n) is 9.43. The summed E-state index contributed by atoms with van der Waals surface area (Å²) in [5.74, 6) is 1.33. The van der Waals surface area contributed by atoms with Gasteiger partial charge in [0.25, 0.3) is 0 Å². The molecular weight excluding hydrogens is 452 g/mol. The second kappa shape index (κ2) is 8.64. The minimum absolute atomic E-state index is 0.0528. The summed E-state index contributed by atoms with van der Waals surface area (Å²) in [6, 6.07) is 21.7. The SMILES string of the molecule is C=CC1Oc2c(NC(=O)Nc3ccc(C)cc3)cc(C3(c4nnn[nH]4)CC3)cc2C1c1ccccc1. The molecule has 3 aromatic carbocycles. The van der Waals surface area contributed by atoms with Crippen molar-refractivity contribution in [1.29, 1.82) is 0 Å². The quantitative estimate of drug-likeness (QED) is 0.326. The maximum Gasteiger partial charge on any atom is 0.323 e. The Morgan fingerprint density at radius 1 is 1.11 bits per heavy atom. The van der Waals surface area contributed by atoms with Crippen molar-refractivity contribution in [2.24, 2.45) is 0 Å². The lowest BCUT2D eigenvalue weighted by Gasteiger charge is -2.19. The highest BCUT2D eigenvalue weighted by Crippen LogP contribution is 2.56. The van der Waals surface area contributed by atoms with Gasteiger partial charge < -0.3 is 15.4 Å². The molecule has 0 saturated heterocycles. The lowest BCUT2D eigenvalue weighted by atomic mass is 9.84. The van der Waals surface area contributed by atoms with Gasteiger partial charge in [-0.1, -0.05) is 66.7 Å². The molecule has 1 saturated carbocycles. The first-order valence-corrected chi connectivity index (χ1v) is 12.0. The molecule has 0 spiro atoms. The van der Waals surface area contributed by atoms with Crippen LogP contribution >= 0.6 is 0 Å². The average Bonchev–Trinajstić information content (AvgIpc) is 3.33. The summed E-state index contributed by atoms with van der Waals surface area (Å²) < 4.78 is 6.39. The molecule has 2 heterocycles. The summed E-state index contributed by atoms with van der Waals surface area (Å²) >= 11 is 0. The highest BCUT2D eigenvalue weighted by Gasteiger charge is 2.50. The van der Waals surface area contributed by atoms with Gasteiger partial charge in [-0.05, 0) is 59.5 Å². The van der Waals surface area contributed by atoms with E-state index in [4.69, 9.17) is 4.74 Å². The highest BCUT2D eigenvalue weighted by molar-refractivity contribution is 6.01. The standard InChI is InChI=1S/C28H26N6O2/c1-3-23-24(18-7-5-4-6-8-18)21-15-19(28(13-14-28)26-31-33-34-32-26)16-22(25(21)36-23)30-27(35)29-20-11-9-17(2)10-12-20/h3-12,15-16,23-24H,1,13-14H2,2H3,(H2,29,30,35)(H,31,32,33,34). The predicted octanol–water partition coefficient (Wildman–Crippen LogP) is 5.31. The molecule has 0 radical (unpaired) electrons. The first-order valence-electron chi connectivity index (χ1n) is 12.0. The number of anilines is 2. The Morgan fingerprint density at radius 2 is 1.89 bits per heavy atom. The monoisotopic (exact) mass is 478 g/mol. The van der Waals surface area contributed by atoms with Crippen molar-refractivity contribution >= 4 is 17.4 Å². The summed E-state index contributed by atoms with van der Waals surface area (Å²) in [4.78, 5) is 13.0. The van der Waals surface area contributed by atoms with Gasteiger partial charge in [-0.3, -0.25) is 0 Å². The largest absolute Gasteiger partial charge is 0.483 e. The number of carbonyl (C=O) groups is 1. The fourth-order valence-electron chi connectivity index (χ4n) is 5.05. The van der Waals surface area contributed by atoms with E-state index < -0.39 is 0 Å². The molecule has 8 heteroatoms. The Bertz CT molecular complexity index is 1410. The van der Waals surface area contributed by atoms with Crippen molar-refractivity contribution < 1.29 is 9.53 Å². The summed E-state index contributed by atoms with van der Waals surface area (Å²) in [5, 5.41) is 20.7. The minimum atomic E-state index is -0.341. The van der Waals surface area contributed by atoms with Gasteiger partial charge in [-0.15, -0.1) is 5.10 Å². The van der Waals surface area contributed by atoms with Gasteiger partial charge in [0.15, 0.2) is 5.82 Å². The molecule has 1 aromatic heterocycles. The zero-order valence-electron chi connectivity index (χ0n) is 19.9. The number of carbonyl (C=O) groups excluding carboxylic acids is 1. The Hall–Kier alpha value is -4.46. The van der Waals surface area contributed by atoms with Gasteiger partial charge in [-0.2, -0.15) is 0 Å². The zero-order valence-corrected chi connectivity index (χ0v) is 19.9. The van der Waals surface area contributed by atoms with Crippen LogP contribution in [0.25, 0.3) is 0 Å². The third-order valence-electron chi connectivity index (χ3n) is 7.09.